The van der Waals surface area contributed by atoms with E-state index in [4.69, 9.17) is 5.73 Å². The van der Waals surface area contributed by atoms with Crippen molar-refractivity contribution in [2.24, 2.45) is 5.73 Å². The van der Waals surface area contributed by atoms with E-state index in [1.807, 2.05) is 17.7 Å². The van der Waals surface area contributed by atoms with Crippen LogP contribution < -0.4 is 5.73 Å². The zero-order valence-electron chi connectivity index (χ0n) is 11.2. The molecule has 1 heterocycles. The van der Waals surface area contributed by atoms with Crippen LogP contribution in [-0.2, 0) is 18.3 Å². The number of hydrogen-bond acceptors (Lipinski definition) is 1. The maximum absolute atomic E-state index is 12.8. The molecule has 104 valence electrons. The van der Waals surface area contributed by atoms with Gasteiger partial charge in [-0.15, -0.1) is 0 Å². The predicted octanol–water partition coefficient (Wildman–Crippen LogP) is 3.87. The Morgan fingerprint density at radius 2 is 1.84 bits per heavy atom. The summed E-state index contributed by atoms with van der Waals surface area (Å²) in [6.07, 6.45) is -2.50. The van der Waals surface area contributed by atoms with Gasteiger partial charge in [-0.1, -0.05) is 0 Å². The SMILES string of the molecule is CCn1cc(C(C)(C)N)c2cc(C(F)(F)F)ccc21. The van der Waals surface area contributed by atoms with Crippen molar-refractivity contribution in [3.05, 3.63) is 35.5 Å². The largest absolute Gasteiger partial charge is 0.416 e. The summed E-state index contributed by atoms with van der Waals surface area (Å²) in [6, 6.07) is 3.81. The Hall–Kier alpha value is -1.49. The highest BCUT2D eigenvalue weighted by Gasteiger charge is 2.31. The minimum absolute atomic E-state index is 0.573. The molecule has 0 spiro atoms. The standard InChI is InChI=1S/C14H17F3N2/c1-4-19-8-11(13(2,3)18)10-7-9(14(15,16)17)5-6-12(10)19/h5-8H,4,18H2,1-3H3. The number of nitrogens with two attached hydrogens (primary N) is 1. The number of aryl methyl sites for hydroxylation is 1. The van der Waals surface area contributed by atoms with Crippen LogP contribution in [0.1, 0.15) is 31.9 Å². The van der Waals surface area contributed by atoms with Crippen LogP contribution >= 0.6 is 0 Å². The number of alkyl halides is 3. The van der Waals surface area contributed by atoms with Gasteiger partial charge in [0.25, 0.3) is 0 Å². The number of fused-ring (bicyclic) bond motifs is 1. The molecule has 2 N–H and O–H groups in total. The van der Waals surface area contributed by atoms with Gasteiger partial charge >= 0.3 is 6.18 Å². The average Bonchev–Trinajstić information content (AvgIpc) is 2.65. The minimum atomic E-state index is -4.33. The van der Waals surface area contributed by atoms with Crippen LogP contribution in [0.2, 0.25) is 0 Å². The van der Waals surface area contributed by atoms with Crippen molar-refractivity contribution in [1.82, 2.24) is 4.57 Å². The van der Waals surface area contributed by atoms with Gasteiger partial charge in [0.05, 0.1) is 5.56 Å². The van der Waals surface area contributed by atoms with Gasteiger partial charge in [0.15, 0.2) is 0 Å². The first kappa shape index (κ1) is 13.9. The Morgan fingerprint density at radius 1 is 1.21 bits per heavy atom. The number of rotatable bonds is 2. The third kappa shape index (κ3) is 2.47. The molecule has 0 atom stereocenters. The number of aromatic nitrogens is 1. The third-order valence-corrected chi connectivity index (χ3v) is 3.24. The highest BCUT2D eigenvalue weighted by molar-refractivity contribution is 5.85. The third-order valence-electron chi connectivity index (χ3n) is 3.24. The zero-order chi connectivity index (χ0) is 14.4. The van der Waals surface area contributed by atoms with Gasteiger partial charge in [-0.05, 0) is 44.5 Å². The molecule has 0 unspecified atom stereocenters. The van der Waals surface area contributed by atoms with Crippen molar-refractivity contribution < 1.29 is 13.2 Å². The van der Waals surface area contributed by atoms with E-state index in [1.165, 1.54) is 12.1 Å². The molecule has 0 fully saturated rings. The second-order valence-corrected chi connectivity index (χ2v) is 5.28. The Labute approximate surface area is 110 Å². The molecule has 0 radical (unpaired) electrons. The number of benzene rings is 1. The highest BCUT2D eigenvalue weighted by atomic mass is 19.4. The maximum Gasteiger partial charge on any atom is 0.416 e. The van der Waals surface area contributed by atoms with Crippen molar-refractivity contribution in [2.75, 3.05) is 0 Å². The molecule has 2 aromatic rings. The van der Waals surface area contributed by atoms with E-state index >= 15 is 0 Å². The van der Waals surface area contributed by atoms with E-state index in [1.54, 1.807) is 13.8 Å². The summed E-state index contributed by atoms with van der Waals surface area (Å²) in [4.78, 5) is 0. The van der Waals surface area contributed by atoms with Crippen LogP contribution in [-0.4, -0.2) is 4.57 Å². The maximum atomic E-state index is 12.8. The van der Waals surface area contributed by atoms with Gasteiger partial charge in [-0.25, -0.2) is 0 Å². The fourth-order valence-electron chi connectivity index (χ4n) is 2.25. The minimum Gasteiger partial charge on any atom is -0.347 e. The molecule has 0 saturated heterocycles. The normalized spacial score (nSPS) is 13.2. The van der Waals surface area contributed by atoms with E-state index in [0.717, 1.165) is 17.1 Å². The number of hydrogen-bond donors (Lipinski definition) is 1. The molecule has 0 aliphatic rings. The fourth-order valence-corrected chi connectivity index (χ4v) is 2.25. The van der Waals surface area contributed by atoms with Crippen molar-refractivity contribution >= 4 is 10.9 Å². The molecule has 19 heavy (non-hydrogen) atoms. The molecule has 0 amide bonds. The number of halogens is 3. The Kier molecular flexibility index (Phi) is 3.13. The predicted molar refractivity (Wildman–Crippen MR) is 69.8 cm³/mol. The lowest BCUT2D eigenvalue weighted by molar-refractivity contribution is -0.137. The first-order valence-corrected chi connectivity index (χ1v) is 6.14. The van der Waals surface area contributed by atoms with Crippen molar-refractivity contribution in [3.8, 4) is 0 Å². The zero-order valence-corrected chi connectivity index (χ0v) is 11.2. The molecule has 0 aliphatic carbocycles. The van der Waals surface area contributed by atoms with Crippen LogP contribution in [0.5, 0.6) is 0 Å². The molecule has 1 aromatic heterocycles. The second-order valence-electron chi connectivity index (χ2n) is 5.28. The Bertz CT molecular complexity index is 603. The summed E-state index contributed by atoms with van der Waals surface area (Å²) in [6.45, 7) is 6.23. The van der Waals surface area contributed by atoms with E-state index in [2.05, 4.69) is 0 Å². The quantitative estimate of drug-likeness (QED) is 0.882. The van der Waals surface area contributed by atoms with E-state index in [0.29, 0.717) is 11.9 Å². The topological polar surface area (TPSA) is 30.9 Å². The van der Waals surface area contributed by atoms with Gasteiger partial charge < -0.3 is 10.3 Å². The monoisotopic (exact) mass is 270 g/mol. The first-order valence-electron chi connectivity index (χ1n) is 6.14. The van der Waals surface area contributed by atoms with Crippen LogP contribution in [0, 0.1) is 0 Å². The lowest BCUT2D eigenvalue weighted by Crippen LogP contribution is -2.28. The summed E-state index contributed by atoms with van der Waals surface area (Å²) in [5.74, 6) is 0. The summed E-state index contributed by atoms with van der Waals surface area (Å²) in [5, 5.41) is 0.573. The Morgan fingerprint density at radius 3 is 2.32 bits per heavy atom. The van der Waals surface area contributed by atoms with Crippen LogP contribution in [0.15, 0.2) is 24.4 Å². The Balaban J connectivity index is 2.76. The molecule has 1 aromatic carbocycles. The molecule has 2 nitrogen and oxygen atoms in total. The molecule has 0 aliphatic heterocycles. The smallest absolute Gasteiger partial charge is 0.347 e. The fraction of sp³-hybridized carbons (Fsp3) is 0.429. The molecular weight excluding hydrogens is 253 g/mol. The summed E-state index contributed by atoms with van der Waals surface area (Å²) in [5.41, 5.74) is 6.25. The van der Waals surface area contributed by atoms with Gasteiger partial charge in [0.1, 0.15) is 0 Å². The van der Waals surface area contributed by atoms with Gasteiger partial charge in [0.2, 0.25) is 0 Å². The second kappa shape index (κ2) is 4.27. The van der Waals surface area contributed by atoms with Crippen LogP contribution in [0.4, 0.5) is 13.2 Å². The lowest BCUT2D eigenvalue weighted by atomic mass is 9.94. The van der Waals surface area contributed by atoms with Gasteiger partial charge in [-0.2, -0.15) is 13.2 Å². The summed E-state index contributed by atoms with van der Waals surface area (Å²) >= 11 is 0. The van der Waals surface area contributed by atoms with Crippen molar-refractivity contribution in [2.45, 2.75) is 39.0 Å². The van der Waals surface area contributed by atoms with Crippen LogP contribution in [0.3, 0.4) is 0 Å². The van der Waals surface area contributed by atoms with Crippen molar-refractivity contribution in [1.29, 1.82) is 0 Å². The van der Waals surface area contributed by atoms with E-state index < -0.39 is 17.3 Å². The molecule has 0 saturated carbocycles. The molecular formula is C14H17F3N2. The molecule has 2 rings (SSSR count). The van der Waals surface area contributed by atoms with Crippen molar-refractivity contribution in [3.63, 3.8) is 0 Å². The summed E-state index contributed by atoms with van der Waals surface area (Å²) in [7, 11) is 0. The van der Waals surface area contributed by atoms with E-state index in [-0.39, 0.29) is 0 Å². The molecule has 5 heteroatoms. The lowest BCUT2D eigenvalue weighted by Gasteiger charge is -2.18. The van der Waals surface area contributed by atoms with Gasteiger partial charge in [-0.3, -0.25) is 0 Å². The molecule has 0 bridgehead atoms. The highest BCUT2D eigenvalue weighted by Crippen LogP contribution is 2.35. The first-order chi connectivity index (χ1) is 8.64. The number of nitrogens with zero attached hydrogens (tertiary/aromatic N) is 1. The average molecular weight is 270 g/mol. The van der Waals surface area contributed by atoms with Gasteiger partial charge in [0, 0.05) is 29.2 Å². The summed E-state index contributed by atoms with van der Waals surface area (Å²) < 4.78 is 40.3. The van der Waals surface area contributed by atoms with Crippen LogP contribution in [0.25, 0.3) is 10.9 Å². The van der Waals surface area contributed by atoms with E-state index in [9.17, 15) is 13.2 Å².